The summed E-state index contributed by atoms with van der Waals surface area (Å²) < 4.78 is 0. The molecule has 0 fully saturated rings. The quantitative estimate of drug-likeness (QED) is 0.0644. The average molecular weight is 624 g/mol. The third-order valence-electron chi connectivity index (χ3n) is 7.36. The van der Waals surface area contributed by atoms with Gasteiger partial charge in [0.05, 0.1) is 22.8 Å². The zero-order valence-electron chi connectivity index (χ0n) is 27.6. The van der Waals surface area contributed by atoms with E-state index in [1.807, 2.05) is 0 Å². The first kappa shape index (κ1) is 38.4. The van der Waals surface area contributed by atoms with Gasteiger partial charge in [0.25, 0.3) is 0 Å². The fraction of sp³-hybridized carbons (Fsp3) is 0.550. The van der Waals surface area contributed by atoms with Crippen LogP contribution in [0.2, 0.25) is 0 Å². The molecule has 0 aromatic heterocycles. The molecule has 0 saturated carbocycles. The minimum absolute atomic E-state index is 0. The van der Waals surface area contributed by atoms with E-state index in [2.05, 4.69) is 99.9 Å². The van der Waals surface area contributed by atoms with Crippen molar-refractivity contribution in [3.05, 3.63) is 59.7 Å². The number of nitrogens with zero attached hydrogens (tertiary/aromatic N) is 2. The Bertz CT molecular complexity index is 1200. The van der Waals surface area contributed by atoms with Gasteiger partial charge in [-0.1, -0.05) is 128 Å². The van der Waals surface area contributed by atoms with Crippen molar-refractivity contribution >= 4 is 22.8 Å². The molecule has 0 unspecified atom stereocenters. The molecule has 0 radical (unpaired) electrons. The van der Waals surface area contributed by atoms with E-state index in [0.717, 1.165) is 78.9 Å². The van der Waals surface area contributed by atoms with Gasteiger partial charge in [0.2, 0.25) is 0 Å². The van der Waals surface area contributed by atoms with Crippen molar-refractivity contribution in [1.82, 2.24) is 0 Å². The van der Waals surface area contributed by atoms with E-state index in [0.29, 0.717) is 0 Å². The van der Waals surface area contributed by atoms with E-state index in [1.54, 1.807) is 0 Å². The number of hydrogen-bond acceptors (Lipinski definition) is 2. The van der Waals surface area contributed by atoms with Gasteiger partial charge in [-0.05, 0) is 74.9 Å². The number of aliphatic imine (C=N–C) groups is 2. The largest absolute Gasteiger partial charge is 0.252 e. The molecule has 0 saturated heterocycles. The van der Waals surface area contributed by atoms with Crippen LogP contribution in [0, 0.1) is 23.7 Å². The number of benzene rings is 2. The zero-order valence-corrected chi connectivity index (χ0v) is 28.5. The molecule has 3 heteroatoms. The van der Waals surface area contributed by atoms with E-state index in [-0.39, 0.29) is 16.5 Å². The third-order valence-corrected chi connectivity index (χ3v) is 7.36. The molecule has 0 aliphatic carbocycles. The number of hydrogen-bond donors (Lipinski definition) is 0. The zero-order chi connectivity index (χ0) is 30.1. The van der Waals surface area contributed by atoms with Crippen molar-refractivity contribution < 1.29 is 16.5 Å². The molecular weight excluding hydrogens is 567 g/mol. The third kappa shape index (κ3) is 18.0. The minimum Gasteiger partial charge on any atom is -0.252 e. The van der Waals surface area contributed by atoms with Crippen molar-refractivity contribution in [1.29, 1.82) is 0 Å². The van der Waals surface area contributed by atoms with E-state index >= 15 is 0 Å². The van der Waals surface area contributed by atoms with E-state index < -0.39 is 0 Å². The molecule has 0 amide bonds. The second kappa shape index (κ2) is 25.9. The summed E-state index contributed by atoms with van der Waals surface area (Å²) in [5, 5.41) is 0. The first-order chi connectivity index (χ1) is 20.7. The molecule has 0 atom stereocenters. The predicted molar refractivity (Wildman–Crippen MR) is 187 cm³/mol. The van der Waals surface area contributed by atoms with Crippen LogP contribution < -0.4 is 0 Å². The second-order valence-corrected chi connectivity index (χ2v) is 11.4. The number of unbranched alkanes of at least 4 members (excludes halogenated alkanes) is 12. The second-order valence-electron chi connectivity index (χ2n) is 11.4. The molecule has 43 heavy (non-hydrogen) atoms. The van der Waals surface area contributed by atoms with Crippen LogP contribution in [0.5, 0.6) is 0 Å². The van der Waals surface area contributed by atoms with E-state index in [4.69, 9.17) is 9.98 Å². The summed E-state index contributed by atoms with van der Waals surface area (Å²) in [4.78, 5) is 10.5. The van der Waals surface area contributed by atoms with Gasteiger partial charge in [0, 0.05) is 40.5 Å². The molecule has 2 aromatic rings. The molecule has 236 valence electrons. The summed E-state index contributed by atoms with van der Waals surface area (Å²) >= 11 is 0. The summed E-state index contributed by atoms with van der Waals surface area (Å²) in [5.74, 6) is 13.4. The van der Waals surface area contributed by atoms with Crippen molar-refractivity contribution in [2.24, 2.45) is 9.98 Å². The van der Waals surface area contributed by atoms with Gasteiger partial charge in [-0.25, -0.2) is 0 Å². The van der Waals surface area contributed by atoms with Gasteiger partial charge in [-0.3, -0.25) is 9.98 Å². The maximum atomic E-state index is 5.25. The minimum atomic E-state index is 0. The fourth-order valence-electron chi connectivity index (χ4n) is 4.82. The summed E-state index contributed by atoms with van der Waals surface area (Å²) in [6.07, 6.45) is 21.0. The maximum Gasteiger partial charge on any atom is 0.0646 e. The Labute approximate surface area is 275 Å². The van der Waals surface area contributed by atoms with Crippen molar-refractivity contribution in [2.75, 3.05) is 0 Å². The summed E-state index contributed by atoms with van der Waals surface area (Å²) in [6.45, 7) is 8.99. The predicted octanol–water partition coefficient (Wildman–Crippen LogP) is 12.3. The molecule has 2 rings (SSSR count). The Kier molecular flexibility index (Phi) is 23.1. The Morgan fingerprint density at radius 3 is 1.42 bits per heavy atom. The normalized spacial score (nSPS) is 11.3. The van der Waals surface area contributed by atoms with Gasteiger partial charge in [-0.15, -0.1) is 0 Å². The SMILES string of the molecule is CCCCCC#Cc1cccc(N=C(CCCC)C(CCCCCCCC)=Nc2cccc(C#CCCCCC)c2)c1.[Ni]. The topological polar surface area (TPSA) is 24.7 Å². The summed E-state index contributed by atoms with van der Waals surface area (Å²) in [6, 6.07) is 16.8. The van der Waals surface area contributed by atoms with Gasteiger partial charge < -0.3 is 0 Å². The van der Waals surface area contributed by atoms with Crippen LogP contribution in [0.25, 0.3) is 0 Å². The Balaban J connectivity index is 0.00000924. The fourth-order valence-corrected chi connectivity index (χ4v) is 4.82. The standard InChI is InChI=1S/C40H56N2.Ni/c1-5-9-13-16-19-22-32-40(42-38-30-24-28-36(34-38)26-21-18-15-11-7-3)39(31-12-8-4)41-37-29-23-27-35(33-37)25-20-17-14-10-6-2;/h23-24,27-30,33-34H,5-19,22,31-32H2,1-4H3;. The molecule has 0 spiro atoms. The molecule has 0 bridgehead atoms. The number of rotatable bonds is 19. The van der Waals surface area contributed by atoms with Crippen molar-refractivity contribution in [3.8, 4) is 23.7 Å². The van der Waals surface area contributed by atoms with Crippen LogP contribution in [-0.4, -0.2) is 11.4 Å². The average Bonchev–Trinajstić information content (AvgIpc) is 3.00. The van der Waals surface area contributed by atoms with Crippen LogP contribution >= 0.6 is 0 Å². The summed E-state index contributed by atoms with van der Waals surface area (Å²) in [7, 11) is 0. The molecule has 2 aromatic carbocycles. The van der Waals surface area contributed by atoms with E-state index in [9.17, 15) is 0 Å². The summed E-state index contributed by atoms with van der Waals surface area (Å²) in [5.41, 5.74) is 6.29. The monoisotopic (exact) mass is 622 g/mol. The van der Waals surface area contributed by atoms with Gasteiger partial charge in [0.15, 0.2) is 0 Å². The van der Waals surface area contributed by atoms with Gasteiger partial charge >= 0.3 is 0 Å². The maximum absolute atomic E-state index is 5.25. The van der Waals surface area contributed by atoms with Crippen LogP contribution in [0.1, 0.15) is 154 Å². The van der Waals surface area contributed by atoms with Crippen LogP contribution in [-0.2, 0) is 16.5 Å². The molecule has 0 heterocycles. The van der Waals surface area contributed by atoms with Crippen LogP contribution in [0.15, 0.2) is 58.5 Å². The van der Waals surface area contributed by atoms with Crippen molar-refractivity contribution in [3.63, 3.8) is 0 Å². The Morgan fingerprint density at radius 2 is 0.930 bits per heavy atom. The first-order valence-electron chi connectivity index (χ1n) is 17.0. The van der Waals surface area contributed by atoms with Crippen LogP contribution in [0.3, 0.4) is 0 Å². The molecule has 0 aliphatic rings. The Morgan fingerprint density at radius 1 is 0.512 bits per heavy atom. The first-order valence-corrected chi connectivity index (χ1v) is 17.0. The molecule has 0 N–H and O–H groups in total. The smallest absolute Gasteiger partial charge is 0.0646 e. The molecule has 2 nitrogen and oxygen atoms in total. The molecule has 0 aliphatic heterocycles. The Hall–Kier alpha value is -2.61. The van der Waals surface area contributed by atoms with Crippen LogP contribution in [0.4, 0.5) is 11.4 Å². The van der Waals surface area contributed by atoms with Crippen molar-refractivity contribution in [2.45, 2.75) is 143 Å². The molecular formula is C40H56N2Ni. The van der Waals surface area contributed by atoms with Gasteiger partial charge in [-0.2, -0.15) is 0 Å². The van der Waals surface area contributed by atoms with E-state index in [1.165, 1.54) is 70.6 Å². The van der Waals surface area contributed by atoms with Gasteiger partial charge in [0.1, 0.15) is 0 Å².